The Bertz CT molecular complexity index is 420. The average Bonchev–Trinajstić information content (AvgIpc) is 2.36. The quantitative estimate of drug-likeness (QED) is 0.760. The number of nitrogen functional groups attached to an aromatic ring is 1. The minimum absolute atomic E-state index is 0.204. The Balaban J connectivity index is 2.42. The normalized spacial score (nSPS) is 16.1. The van der Waals surface area contributed by atoms with Crippen LogP contribution in [0.15, 0.2) is 6.07 Å². The van der Waals surface area contributed by atoms with Crippen molar-refractivity contribution in [1.29, 1.82) is 0 Å². The highest BCUT2D eigenvalue weighted by atomic mass is 19.1. The Morgan fingerprint density at radius 1 is 1.35 bits per heavy atom. The maximum absolute atomic E-state index is 14.1. The Hall–Kier alpha value is -1.56. The van der Waals surface area contributed by atoms with Crippen LogP contribution < -0.4 is 20.7 Å². The molecule has 1 heterocycles. The van der Waals surface area contributed by atoms with Gasteiger partial charge in [-0.3, -0.25) is 0 Å². The van der Waals surface area contributed by atoms with Crippen LogP contribution in [0.3, 0.4) is 0 Å². The molecule has 1 aliphatic heterocycles. The van der Waals surface area contributed by atoms with E-state index < -0.39 is 11.6 Å². The van der Waals surface area contributed by atoms with Crippen molar-refractivity contribution in [2.45, 2.75) is 0 Å². The first kappa shape index (κ1) is 11.9. The summed E-state index contributed by atoms with van der Waals surface area (Å²) >= 11 is 0. The van der Waals surface area contributed by atoms with E-state index in [0.29, 0.717) is 13.1 Å². The first-order valence-corrected chi connectivity index (χ1v) is 5.42. The van der Waals surface area contributed by atoms with Crippen LogP contribution in [0.25, 0.3) is 0 Å². The van der Waals surface area contributed by atoms with E-state index in [9.17, 15) is 8.78 Å². The van der Waals surface area contributed by atoms with Gasteiger partial charge in [0, 0.05) is 32.2 Å². The molecule has 1 aliphatic rings. The molecule has 2 rings (SSSR count). The van der Waals surface area contributed by atoms with Gasteiger partial charge in [0.25, 0.3) is 0 Å². The van der Waals surface area contributed by atoms with Crippen molar-refractivity contribution in [3.63, 3.8) is 0 Å². The summed E-state index contributed by atoms with van der Waals surface area (Å²) < 4.78 is 32.4. The molecule has 94 valence electrons. The summed E-state index contributed by atoms with van der Waals surface area (Å²) in [7, 11) is 1.27. The molecule has 4 nitrogen and oxygen atoms in total. The fraction of sp³-hybridized carbons (Fsp3) is 0.455. The minimum atomic E-state index is -0.656. The van der Waals surface area contributed by atoms with Gasteiger partial charge in [-0.1, -0.05) is 0 Å². The molecule has 0 spiro atoms. The third-order valence-corrected chi connectivity index (χ3v) is 2.85. The summed E-state index contributed by atoms with van der Waals surface area (Å²) in [4.78, 5) is 1.77. The van der Waals surface area contributed by atoms with E-state index >= 15 is 0 Å². The standard InChI is InChI=1S/C11H15F2N3O/c1-17-11-9(13)8(6-7(12)10(11)14)16-4-2-15-3-5-16/h6,15H,2-5,14H2,1H3. The number of ether oxygens (including phenoxy) is 1. The van der Waals surface area contributed by atoms with Gasteiger partial charge in [-0.15, -0.1) is 0 Å². The first-order valence-electron chi connectivity index (χ1n) is 5.42. The number of piperazine rings is 1. The maximum Gasteiger partial charge on any atom is 0.190 e. The molecular weight excluding hydrogens is 228 g/mol. The Kier molecular flexibility index (Phi) is 3.33. The lowest BCUT2D eigenvalue weighted by molar-refractivity contribution is 0.385. The Morgan fingerprint density at radius 2 is 2.00 bits per heavy atom. The third-order valence-electron chi connectivity index (χ3n) is 2.85. The zero-order valence-electron chi connectivity index (χ0n) is 9.59. The molecule has 17 heavy (non-hydrogen) atoms. The van der Waals surface area contributed by atoms with E-state index in [4.69, 9.17) is 10.5 Å². The van der Waals surface area contributed by atoms with E-state index in [2.05, 4.69) is 5.32 Å². The fourth-order valence-electron chi connectivity index (χ4n) is 1.94. The van der Waals surface area contributed by atoms with Gasteiger partial charge in [-0.05, 0) is 0 Å². The van der Waals surface area contributed by atoms with E-state index in [1.165, 1.54) is 7.11 Å². The van der Waals surface area contributed by atoms with E-state index in [1.807, 2.05) is 0 Å². The highest BCUT2D eigenvalue weighted by Crippen LogP contribution is 2.35. The Labute approximate surface area is 98.3 Å². The minimum Gasteiger partial charge on any atom is -0.491 e. The summed E-state index contributed by atoms with van der Waals surface area (Å²) in [5.74, 6) is -1.48. The SMILES string of the molecule is COc1c(N)c(F)cc(N2CCNCC2)c1F. The Morgan fingerprint density at radius 3 is 2.59 bits per heavy atom. The van der Waals surface area contributed by atoms with Crippen LogP contribution in [0, 0.1) is 11.6 Å². The molecule has 1 aromatic carbocycles. The number of methoxy groups -OCH3 is 1. The average molecular weight is 243 g/mol. The van der Waals surface area contributed by atoms with Crippen molar-refractivity contribution in [1.82, 2.24) is 5.32 Å². The number of hydrogen-bond donors (Lipinski definition) is 2. The molecule has 0 radical (unpaired) electrons. The highest BCUT2D eigenvalue weighted by molar-refractivity contribution is 5.64. The van der Waals surface area contributed by atoms with Crippen LogP contribution >= 0.6 is 0 Å². The van der Waals surface area contributed by atoms with Crippen molar-refractivity contribution >= 4 is 11.4 Å². The molecule has 1 saturated heterocycles. The predicted octanol–water partition coefficient (Wildman–Crippen LogP) is 0.965. The lowest BCUT2D eigenvalue weighted by atomic mass is 10.2. The van der Waals surface area contributed by atoms with Crippen LogP contribution in [-0.4, -0.2) is 33.3 Å². The number of halogens is 2. The number of hydrogen-bond acceptors (Lipinski definition) is 4. The second-order valence-corrected chi connectivity index (χ2v) is 3.88. The van der Waals surface area contributed by atoms with Crippen LogP contribution in [-0.2, 0) is 0 Å². The summed E-state index contributed by atoms with van der Waals surface area (Å²) in [6, 6.07) is 1.12. The number of anilines is 2. The van der Waals surface area contributed by atoms with Crippen molar-refractivity contribution in [3.05, 3.63) is 17.7 Å². The summed E-state index contributed by atoms with van der Waals surface area (Å²) in [5.41, 5.74) is 5.34. The van der Waals surface area contributed by atoms with Gasteiger partial charge in [0.2, 0.25) is 0 Å². The predicted molar refractivity (Wildman–Crippen MR) is 62.4 cm³/mol. The van der Waals surface area contributed by atoms with E-state index in [-0.39, 0.29) is 17.1 Å². The number of nitrogens with one attached hydrogen (secondary N) is 1. The second-order valence-electron chi connectivity index (χ2n) is 3.88. The molecule has 0 aromatic heterocycles. The van der Waals surface area contributed by atoms with Crippen molar-refractivity contribution in [2.75, 3.05) is 43.9 Å². The van der Waals surface area contributed by atoms with Gasteiger partial charge in [0.1, 0.15) is 5.69 Å². The lowest BCUT2D eigenvalue weighted by Gasteiger charge is -2.30. The lowest BCUT2D eigenvalue weighted by Crippen LogP contribution is -2.44. The molecule has 0 saturated carbocycles. The summed E-state index contributed by atoms with van der Waals surface area (Å²) in [6.07, 6.45) is 0. The van der Waals surface area contributed by atoms with Gasteiger partial charge in [0.15, 0.2) is 17.4 Å². The molecule has 0 bridgehead atoms. The number of nitrogens with zero attached hydrogens (tertiary/aromatic N) is 1. The van der Waals surface area contributed by atoms with Gasteiger partial charge >= 0.3 is 0 Å². The zero-order chi connectivity index (χ0) is 12.4. The van der Waals surface area contributed by atoms with E-state index in [0.717, 1.165) is 19.2 Å². The number of nitrogens with two attached hydrogens (primary N) is 1. The molecule has 6 heteroatoms. The van der Waals surface area contributed by atoms with Crippen molar-refractivity contribution in [2.24, 2.45) is 0 Å². The molecule has 0 amide bonds. The van der Waals surface area contributed by atoms with Crippen LogP contribution in [0.2, 0.25) is 0 Å². The van der Waals surface area contributed by atoms with Gasteiger partial charge in [-0.2, -0.15) is 0 Å². The van der Waals surface area contributed by atoms with Gasteiger partial charge in [-0.25, -0.2) is 8.78 Å². The smallest absolute Gasteiger partial charge is 0.190 e. The van der Waals surface area contributed by atoms with E-state index in [1.54, 1.807) is 4.90 Å². The highest BCUT2D eigenvalue weighted by Gasteiger charge is 2.22. The summed E-state index contributed by atoms with van der Waals surface area (Å²) in [6.45, 7) is 2.74. The van der Waals surface area contributed by atoms with Crippen LogP contribution in [0.1, 0.15) is 0 Å². The molecule has 1 fully saturated rings. The molecular formula is C11H15F2N3O. The molecule has 1 aromatic rings. The third kappa shape index (κ3) is 2.12. The van der Waals surface area contributed by atoms with Crippen LogP contribution in [0.5, 0.6) is 5.75 Å². The molecule has 0 unspecified atom stereocenters. The molecule has 3 N–H and O–H groups in total. The number of benzene rings is 1. The maximum atomic E-state index is 14.1. The number of rotatable bonds is 2. The summed E-state index contributed by atoms with van der Waals surface area (Å²) in [5, 5.41) is 3.14. The van der Waals surface area contributed by atoms with Gasteiger partial charge < -0.3 is 20.7 Å². The largest absolute Gasteiger partial charge is 0.491 e. The fourth-order valence-corrected chi connectivity index (χ4v) is 1.94. The first-order chi connectivity index (χ1) is 8.15. The van der Waals surface area contributed by atoms with Crippen molar-refractivity contribution < 1.29 is 13.5 Å². The van der Waals surface area contributed by atoms with Crippen LogP contribution in [0.4, 0.5) is 20.2 Å². The topological polar surface area (TPSA) is 50.5 Å². The molecule has 0 aliphatic carbocycles. The van der Waals surface area contributed by atoms with Gasteiger partial charge in [0.05, 0.1) is 12.8 Å². The molecule has 0 atom stereocenters. The second kappa shape index (κ2) is 4.75. The monoisotopic (exact) mass is 243 g/mol. The zero-order valence-corrected chi connectivity index (χ0v) is 9.59. The van der Waals surface area contributed by atoms with Crippen molar-refractivity contribution in [3.8, 4) is 5.75 Å².